The van der Waals surface area contributed by atoms with E-state index in [1.54, 1.807) is 24.5 Å². The van der Waals surface area contributed by atoms with Crippen molar-refractivity contribution in [1.82, 2.24) is 19.9 Å². The number of hydrogen-bond donors (Lipinski definition) is 1. The molecule has 1 aromatic carbocycles. The number of fused-ring (bicyclic) bond motifs is 1. The Morgan fingerprint density at radius 2 is 2.16 bits per heavy atom. The Balaban J connectivity index is 1.58. The Bertz CT molecular complexity index is 887. The number of nitrogens with zero attached hydrogens (tertiary/aromatic N) is 3. The average molecular weight is 336 g/mol. The zero-order chi connectivity index (χ0) is 17.2. The van der Waals surface area contributed by atoms with Gasteiger partial charge in [0.25, 0.3) is 0 Å². The van der Waals surface area contributed by atoms with E-state index in [1.165, 1.54) is 5.56 Å². The minimum Gasteiger partial charge on any atom is -0.306 e. The first kappa shape index (κ1) is 16.0. The predicted octanol–water partition coefficient (Wildman–Crippen LogP) is 3.88. The number of aryl methyl sites for hydroxylation is 2. The Labute approximate surface area is 146 Å². The summed E-state index contributed by atoms with van der Waals surface area (Å²) in [6.45, 7) is 2.65. The molecule has 0 aliphatic heterocycles. The lowest BCUT2D eigenvalue weighted by molar-refractivity contribution is 0.455. The van der Waals surface area contributed by atoms with Crippen LogP contribution in [0.1, 0.15) is 41.4 Å². The van der Waals surface area contributed by atoms with E-state index in [0.29, 0.717) is 6.54 Å². The standard InChI is InChI=1S/C20H21FN4/c1-14-22-10-11-25(14)20-16(5-3-9-23-20)13-24-19-6-2-4-15-7-8-17(21)12-18(15)19/h3,5,7-12,19,24H,2,4,6,13H2,1H3. The molecule has 4 rings (SSSR count). The molecule has 1 aliphatic carbocycles. The van der Waals surface area contributed by atoms with Crippen molar-refractivity contribution in [2.45, 2.75) is 38.8 Å². The van der Waals surface area contributed by atoms with Crippen molar-refractivity contribution in [3.05, 3.63) is 77.3 Å². The van der Waals surface area contributed by atoms with Gasteiger partial charge in [-0.3, -0.25) is 4.57 Å². The van der Waals surface area contributed by atoms with Gasteiger partial charge in [0.05, 0.1) is 0 Å². The van der Waals surface area contributed by atoms with Gasteiger partial charge in [0.15, 0.2) is 0 Å². The molecule has 0 saturated carbocycles. The van der Waals surface area contributed by atoms with E-state index < -0.39 is 0 Å². The molecular weight excluding hydrogens is 315 g/mol. The lowest BCUT2D eigenvalue weighted by Crippen LogP contribution is -2.25. The molecule has 128 valence electrons. The lowest BCUT2D eigenvalue weighted by atomic mass is 9.87. The quantitative estimate of drug-likeness (QED) is 0.786. The topological polar surface area (TPSA) is 42.7 Å². The maximum atomic E-state index is 13.7. The smallest absolute Gasteiger partial charge is 0.142 e. The Morgan fingerprint density at radius 3 is 3.00 bits per heavy atom. The minimum atomic E-state index is -0.163. The number of pyridine rings is 1. The number of rotatable bonds is 4. The van der Waals surface area contributed by atoms with Gasteiger partial charge in [-0.2, -0.15) is 0 Å². The van der Waals surface area contributed by atoms with E-state index in [0.717, 1.165) is 42.0 Å². The fraction of sp³-hybridized carbons (Fsp3) is 0.300. The average Bonchev–Trinajstić information content (AvgIpc) is 3.06. The molecule has 0 radical (unpaired) electrons. The number of benzene rings is 1. The normalized spacial score (nSPS) is 16.6. The van der Waals surface area contributed by atoms with Crippen LogP contribution in [0.15, 0.2) is 48.9 Å². The molecule has 1 unspecified atom stereocenters. The Kier molecular flexibility index (Phi) is 4.32. The lowest BCUT2D eigenvalue weighted by Gasteiger charge is -2.27. The summed E-state index contributed by atoms with van der Waals surface area (Å²) in [5, 5.41) is 3.60. The van der Waals surface area contributed by atoms with Crippen molar-refractivity contribution in [1.29, 1.82) is 0 Å². The third-order valence-electron chi connectivity index (χ3n) is 4.88. The highest BCUT2D eigenvalue weighted by atomic mass is 19.1. The zero-order valence-electron chi connectivity index (χ0n) is 14.2. The zero-order valence-corrected chi connectivity index (χ0v) is 14.2. The van der Waals surface area contributed by atoms with Gasteiger partial charge < -0.3 is 5.32 Å². The summed E-state index contributed by atoms with van der Waals surface area (Å²) < 4.78 is 15.7. The maximum Gasteiger partial charge on any atom is 0.142 e. The molecule has 3 aromatic rings. The van der Waals surface area contributed by atoms with Gasteiger partial charge in [0.1, 0.15) is 17.5 Å². The molecule has 0 amide bonds. The number of aromatic nitrogens is 3. The van der Waals surface area contributed by atoms with Crippen LogP contribution in [0.3, 0.4) is 0 Å². The third kappa shape index (κ3) is 3.20. The number of hydrogen-bond acceptors (Lipinski definition) is 3. The first-order valence-corrected chi connectivity index (χ1v) is 8.68. The fourth-order valence-corrected chi connectivity index (χ4v) is 3.60. The van der Waals surface area contributed by atoms with Crippen molar-refractivity contribution < 1.29 is 4.39 Å². The molecule has 2 heterocycles. The molecular formula is C20H21FN4. The van der Waals surface area contributed by atoms with Crippen molar-refractivity contribution in [2.24, 2.45) is 0 Å². The monoisotopic (exact) mass is 336 g/mol. The van der Waals surface area contributed by atoms with Crippen molar-refractivity contribution >= 4 is 0 Å². The largest absolute Gasteiger partial charge is 0.306 e. The van der Waals surface area contributed by atoms with Crippen LogP contribution in [-0.4, -0.2) is 14.5 Å². The van der Waals surface area contributed by atoms with Gasteiger partial charge in [0.2, 0.25) is 0 Å². The van der Waals surface area contributed by atoms with Crippen molar-refractivity contribution in [3.8, 4) is 5.82 Å². The van der Waals surface area contributed by atoms with E-state index in [-0.39, 0.29) is 11.9 Å². The molecule has 1 aliphatic rings. The van der Waals surface area contributed by atoms with Crippen LogP contribution in [0.4, 0.5) is 4.39 Å². The van der Waals surface area contributed by atoms with E-state index in [9.17, 15) is 4.39 Å². The second kappa shape index (κ2) is 6.76. The van der Waals surface area contributed by atoms with Crippen LogP contribution >= 0.6 is 0 Å². The summed E-state index contributed by atoms with van der Waals surface area (Å²) in [5.74, 6) is 1.63. The number of halogens is 1. The highest BCUT2D eigenvalue weighted by Crippen LogP contribution is 2.30. The summed E-state index contributed by atoms with van der Waals surface area (Å²) in [6, 6.07) is 9.35. The van der Waals surface area contributed by atoms with Crippen molar-refractivity contribution in [3.63, 3.8) is 0 Å². The van der Waals surface area contributed by atoms with Gasteiger partial charge >= 0.3 is 0 Å². The summed E-state index contributed by atoms with van der Waals surface area (Å²) in [4.78, 5) is 8.81. The Hall–Kier alpha value is -2.53. The van der Waals surface area contributed by atoms with Gasteiger partial charge in [0, 0.05) is 36.7 Å². The summed E-state index contributed by atoms with van der Waals surface area (Å²) in [7, 11) is 0. The summed E-state index contributed by atoms with van der Waals surface area (Å²) in [5.41, 5.74) is 3.45. The summed E-state index contributed by atoms with van der Waals surface area (Å²) >= 11 is 0. The highest BCUT2D eigenvalue weighted by Gasteiger charge is 2.21. The van der Waals surface area contributed by atoms with E-state index in [4.69, 9.17) is 0 Å². The van der Waals surface area contributed by atoms with Crippen LogP contribution in [0, 0.1) is 12.7 Å². The molecule has 5 heteroatoms. The second-order valence-electron chi connectivity index (χ2n) is 6.50. The first-order valence-electron chi connectivity index (χ1n) is 8.68. The molecule has 0 fully saturated rings. The molecule has 2 aromatic heterocycles. The minimum absolute atomic E-state index is 0.163. The van der Waals surface area contributed by atoms with E-state index in [2.05, 4.69) is 21.4 Å². The van der Waals surface area contributed by atoms with Crippen LogP contribution in [-0.2, 0) is 13.0 Å². The molecule has 0 spiro atoms. The van der Waals surface area contributed by atoms with Crippen LogP contribution in [0.25, 0.3) is 5.82 Å². The van der Waals surface area contributed by atoms with Gasteiger partial charge in [-0.15, -0.1) is 0 Å². The van der Waals surface area contributed by atoms with Gasteiger partial charge in [-0.1, -0.05) is 12.1 Å². The molecule has 1 atom stereocenters. The fourth-order valence-electron chi connectivity index (χ4n) is 3.60. The van der Waals surface area contributed by atoms with E-state index in [1.807, 2.05) is 29.8 Å². The van der Waals surface area contributed by atoms with Crippen LogP contribution in [0.2, 0.25) is 0 Å². The maximum absolute atomic E-state index is 13.7. The molecule has 0 bridgehead atoms. The highest BCUT2D eigenvalue weighted by molar-refractivity contribution is 5.36. The third-order valence-corrected chi connectivity index (χ3v) is 4.88. The van der Waals surface area contributed by atoms with Gasteiger partial charge in [-0.05, 0) is 55.5 Å². The molecule has 4 nitrogen and oxygen atoms in total. The molecule has 25 heavy (non-hydrogen) atoms. The van der Waals surface area contributed by atoms with Crippen LogP contribution in [0.5, 0.6) is 0 Å². The van der Waals surface area contributed by atoms with E-state index >= 15 is 0 Å². The number of nitrogens with one attached hydrogen (secondary N) is 1. The molecule has 1 N–H and O–H groups in total. The summed E-state index contributed by atoms with van der Waals surface area (Å²) in [6.07, 6.45) is 8.67. The number of imidazole rings is 1. The molecule has 0 saturated heterocycles. The SMILES string of the molecule is Cc1nccn1-c1ncccc1CNC1CCCc2ccc(F)cc21. The van der Waals surface area contributed by atoms with Crippen LogP contribution < -0.4 is 5.32 Å². The van der Waals surface area contributed by atoms with Gasteiger partial charge in [-0.25, -0.2) is 14.4 Å². The first-order chi connectivity index (χ1) is 12.2. The van der Waals surface area contributed by atoms with Crippen molar-refractivity contribution in [2.75, 3.05) is 0 Å². The predicted molar refractivity (Wildman–Crippen MR) is 95.0 cm³/mol. The Morgan fingerprint density at radius 1 is 1.24 bits per heavy atom. The second-order valence-corrected chi connectivity index (χ2v) is 6.50.